The van der Waals surface area contributed by atoms with Crippen LogP contribution in [0.4, 0.5) is 0 Å². The first-order valence-corrected chi connectivity index (χ1v) is 10.00. The molecule has 1 aliphatic carbocycles. The smallest absolute Gasteiger partial charge is 0.240 e. The van der Waals surface area contributed by atoms with E-state index in [0.29, 0.717) is 6.04 Å². The number of fused-ring (bicyclic) bond motifs is 1. The van der Waals surface area contributed by atoms with E-state index in [-0.39, 0.29) is 11.4 Å². The minimum absolute atomic E-state index is 0.157. The third-order valence-corrected chi connectivity index (χ3v) is 6.10. The molecule has 0 radical (unpaired) electrons. The van der Waals surface area contributed by atoms with Gasteiger partial charge in [-0.25, -0.2) is 23.1 Å². The summed E-state index contributed by atoms with van der Waals surface area (Å²) >= 11 is 0. The van der Waals surface area contributed by atoms with Crippen molar-refractivity contribution in [3.05, 3.63) is 54.5 Å². The van der Waals surface area contributed by atoms with Gasteiger partial charge in [0.15, 0.2) is 5.65 Å². The first kappa shape index (κ1) is 16.2. The van der Waals surface area contributed by atoms with Crippen molar-refractivity contribution >= 4 is 21.2 Å². The Bertz CT molecular complexity index is 977. The van der Waals surface area contributed by atoms with Gasteiger partial charge in [0.1, 0.15) is 11.3 Å². The average molecular weight is 356 g/mol. The molecule has 130 valence electrons. The fourth-order valence-corrected chi connectivity index (χ4v) is 4.49. The molecule has 1 fully saturated rings. The highest BCUT2D eigenvalue weighted by Gasteiger charge is 2.24. The van der Waals surface area contributed by atoms with E-state index < -0.39 is 10.0 Å². The van der Waals surface area contributed by atoms with Gasteiger partial charge in [-0.3, -0.25) is 0 Å². The van der Waals surface area contributed by atoms with Crippen LogP contribution in [0.15, 0.2) is 53.6 Å². The molecule has 0 atom stereocenters. The van der Waals surface area contributed by atoms with Crippen LogP contribution in [0.3, 0.4) is 0 Å². The molecule has 2 heterocycles. The Hall–Kier alpha value is -2.25. The van der Waals surface area contributed by atoms with E-state index in [1.165, 1.54) is 12.8 Å². The Morgan fingerprint density at radius 3 is 2.60 bits per heavy atom. The van der Waals surface area contributed by atoms with Crippen molar-refractivity contribution in [1.82, 2.24) is 19.3 Å². The molecule has 4 rings (SSSR count). The predicted molar refractivity (Wildman–Crippen MR) is 95.5 cm³/mol. The topological polar surface area (TPSA) is 76.9 Å². The van der Waals surface area contributed by atoms with E-state index in [1.54, 1.807) is 36.5 Å². The van der Waals surface area contributed by atoms with Crippen LogP contribution in [0.25, 0.3) is 11.2 Å². The SMILES string of the molecule is O=S(=O)(NCc1nc2cccnc2n1C1CCCC1)c1ccccc1. The monoisotopic (exact) mass is 356 g/mol. The summed E-state index contributed by atoms with van der Waals surface area (Å²) in [4.78, 5) is 9.36. The molecule has 2 aromatic heterocycles. The first-order chi connectivity index (χ1) is 12.1. The fourth-order valence-electron chi connectivity index (χ4n) is 3.49. The van der Waals surface area contributed by atoms with Crippen LogP contribution in [0.5, 0.6) is 0 Å². The zero-order valence-electron chi connectivity index (χ0n) is 13.8. The number of aromatic nitrogens is 3. The third kappa shape index (κ3) is 3.17. The lowest BCUT2D eigenvalue weighted by Crippen LogP contribution is -2.25. The molecule has 1 saturated carbocycles. The van der Waals surface area contributed by atoms with Crippen molar-refractivity contribution in [2.24, 2.45) is 0 Å². The van der Waals surface area contributed by atoms with Gasteiger partial charge >= 0.3 is 0 Å². The lowest BCUT2D eigenvalue weighted by molar-refractivity contribution is 0.502. The maximum atomic E-state index is 12.5. The molecule has 0 saturated heterocycles. The molecule has 1 aliphatic rings. The molecule has 3 aromatic rings. The van der Waals surface area contributed by atoms with Gasteiger partial charge in [0, 0.05) is 12.2 Å². The van der Waals surface area contributed by atoms with E-state index in [4.69, 9.17) is 0 Å². The lowest BCUT2D eigenvalue weighted by atomic mass is 10.2. The number of rotatable bonds is 5. The average Bonchev–Trinajstić information content (AvgIpc) is 3.27. The molecular weight excluding hydrogens is 336 g/mol. The third-order valence-electron chi connectivity index (χ3n) is 4.69. The highest BCUT2D eigenvalue weighted by atomic mass is 32.2. The molecule has 0 bridgehead atoms. The second-order valence-corrected chi connectivity index (χ2v) is 8.09. The number of imidazole rings is 1. The summed E-state index contributed by atoms with van der Waals surface area (Å²) in [5, 5.41) is 0. The quantitative estimate of drug-likeness (QED) is 0.762. The Kier molecular flexibility index (Phi) is 4.27. The zero-order chi connectivity index (χ0) is 17.3. The van der Waals surface area contributed by atoms with Gasteiger partial charge in [0.2, 0.25) is 10.0 Å². The Morgan fingerprint density at radius 1 is 1.08 bits per heavy atom. The van der Waals surface area contributed by atoms with Crippen molar-refractivity contribution in [3.8, 4) is 0 Å². The van der Waals surface area contributed by atoms with Crippen LogP contribution in [0.1, 0.15) is 37.5 Å². The summed E-state index contributed by atoms with van der Waals surface area (Å²) in [7, 11) is -3.56. The largest absolute Gasteiger partial charge is 0.308 e. The molecule has 1 aromatic carbocycles. The highest BCUT2D eigenvalue weighted by Crippen LogP contribution is 2.33. The molecule has 0 spiro atoms. The van der Waals surface area contributed by atoms with Crippen molar-refractivity contribution in [2.45, 2.75) is 43.2 Å². The van der Waals surface area contributed by atoms with Gasteiger partial charge in [-0.05, 0) is 37.1 Å². The molecule has 0 unspecified atom stereocenters. The van der Waals surface area contributed by atoms with Crippen molar-refractivity contribution in [3.63, 3.8) is 0 Å². The van der Waals surface area contributed by atoms with Crippen molar-refractivity contribution in [2.75, 3.05) is 0 Å². The maximum Gasteiger partial charge on any atom is 0.240 e. The van der Waals surface area contributed by atoms with Gasteiger partial charge in [-0.2, -0.15) is 0 Å². The maximum absolute atomic E-state index is 12.5. The van der Waals surface area contributed by atoms with E-state index in [0.717, 1.165) is 29.8 Å². The minimum atomic E-state index is -3.56. The van der Waals surface area contributed by atoms with Gasteiger partial charge in [-0.15, -0.1) is 0 Å². The van der Waals surface area contributed by atoms with Gasteiger partial charge in [-0.1, -0.05) is 31.0 Å². The van der Waals surface area contributed by atoms with E-state index in [9.17, 15) is 8.42 Å². The van der Waals surface area contributed by atoms with Crippen LogP contribution >= 0.6 is 0 Å². The van der Waals surface area contributed by atoms with Crippen LogP contribution in [0.2, 0.25) is 0 Å². The van der Waals surface area contributed by atoms with Crippen molar-refractivity contribution < 1.29 is 8.42 Å². The fraction of sp³-hybridized carbons (Fsp3) is 0.333. The number of pyridine rings is 1. The minimum Gasteiger partial charge on any atom is -0.308 e. The van der Waals surface area contributed by atoms with E-state index >= 15 is 0 Å². The van der Waals surface area contributed by atoms with E-state index in [2.05, 4.69) is 19.3 Å². The van der Waals surface area contributed by atoms with Gasteiger partial charge < -0.3 is 4.57 Å². The van der Waals surface area contributed by atoms with Crippen LogP contribution in [-0.2, 0) is 16.6 Å². The first-order valence-electron chi connectivity index (χ1n) is 8.52. The summed E-state index contributed by atoms with van der Waals surface area (Å²) in [5.74, 6) is 0.722. The second kappa shape index (κ2) is 6.57. The molecule has 7 heteroatoms. The summed E-state index contributed by atoms with van der Waals surface area (Å²) < 4.78 is 29.8. The molecule has 0 aliphatic heterocycles. The molecule has 25 heavy (non-hydrogen) atoms. The van der Waals surface area contributed by atoms with Crippen LogP contribution in [-0.4, -0.2) is 23.0 Å². The summed E-state index contributed by atoms with van der Waals surface area (Å²) in [6.07, 6.45) is 6.30. The number of sulfonamides is 1. The standard InChI is InChI=1S/C18H20N4O2S/c23-25(24,15-9-2-1-3-10-15)20-13-17-21-16-11-6-12-19-18(16)22(17)14-7-4-5-8-14/h1-3,6,9-12,14,20H,4-5,7-8,13H2. The van der Waals surface area contributed by atoms with Crippen LogP contribution in [0, 0.1) is 0 Å². The second-order valence-electron chi connectivity index (χ2n) is 6.32. The van der Waals surface area contributed by atoms with Gasteiger partial charge in [0.05, 0.1) is 11.4 Å². The molecular formula is C18H20N4O2S. The number of hydrogen-bond acceptors (Lipinski definition) is 4. The van der Waals surface area contributed by atoms with Gasteiger partial charge in [0.25, 0.3) is 0 Å². The molecule has 6 nitrogen and oxygen atoms in total. The predicted octanol–water partition coefficient (Wildman–Crippen LogP) is 3.02. The zero-order valence-corrected chi connectivity index (χ0v) is 14.6. The summed E-state index contributed by atoms with van der Waals surface area (Å²) in [5.41, 5.74) is 1.65. The van der Waals surface area contributed by atoms with E-state index in [1.807, 2.05) is 12.1 Å². The number of nitrogens with zero attached hydrogens (tertiary/aromatic N) is 3. The Labute approximate surface area is 147 Å². The number of hydrogen-bond donors (Lipinski definition) is 1. The summed E-state index contributed by atoms with van der Waals surface area (Å²) in [6, 6.07) is 12.5. The summed E-state index contributed by atoms with van der Waals surface area (Å²) in [6.45, 7) is 0.157. The van der Waals surface area contributed by atoms with Crippen LogP contribution < -0.4 is 4.72 Å². The Morgan fingerprint density at radius 2 is 1.84 bits per heavy atom. The van der Waals surface area contributed by atoms with Crippen molar-refractivity contribution in [1.29, 1.82) is 0 Å². The lowest BCUT2D eigenvalue weighted by Gasteiger charge is -2.16. The molecule has 0 amide bonds. The highest BCUT2D eigenvalue weighted by molar-refractivity contribution is 7.89. The molecule has 1 N–H and O–H groups in total. The normalized spacial score (nSPS) is 15.8. The number of nitrogens with one attached hydrogen (secondary N) is 1. The Balaban J connectivity index is 1.66. The number of benzene rings is 1.